The topological polar surface area (TPSA) is 70.2 Å². The predicted octanol–water partition coefficient (Wildman–Crippen LogP) is 1.45. The number of nitrogens with one attached hydrogen (secondary N) is 2. The number of benzene rings is 1. The van der Waals surface area contributed by atoms with Crippen LogP contribution in [0.5, 0.6) is 0 Å². The number of rotatable bonds is 8. The van der Waals surface area contributed by atoms with Crippen LogP contribution in [-0.4, -0.2) is 41.7 Å². The van der Waals surface area contributed by atoms with Gasteiger partial charge in [0.1, 0.15) is 11.6 Å². The highest BCUT2D eigenvalue weighted by atomic mass is 19.1. The SMILES string of the molecule is OCCOCCNCc1cn[nH]c1-c1c(F)cccc1F. The van der Waals surface area contributed by atoms with Gasteiger partial charge in [0.15, 0.2) is 0 Å². The summed E-state index contributed by atoms with van der Waals surface area (Å²) >= 11 is 0. The molecule has 0 aliphatic heterocycles. The van der Waals surface area contributed by atoms with Crippen molar-refractivity contribution in [1.82, 2.24) is 15.5 Å². The Labute approximate surface area is 120 Å². The van der Waals surface area contributed by atoms with E-state index in [9.17, 15) is 8.78 Å². The van der Waals surface area contributed by atoms with Gasteiger partial charge in [0.25, 0.3) is 0 Å². The third-order valence-corrected chi connectivity index (χ3v) is 2.90. The first-order valence-electron chi connectivity index (χ1n) is 6.60. The maximum atomic E-state index is 13.8. The molecule has 0 spiro atoms. The van der Waals surface area contributed by atoms with E-state index in [1.165, 1.54) is 24.4 Å². The molecule has 3 N–H and O–H groups in total. The fourth-order valence-electron chi connectivity index (χ4n) is 1.93. The highest BCUT2D eigenvalue weighted by molar-refractivity contribution is 5.64. The third kappa shape index (κ3) is 4.07. The van der Waals surface area contributed by atoms with Gasteiger partial charge < -0.3 is 15.2 Å². The predicted molar refractivity (Wildman–Crippen MR) is 73.6 cm³/mol. The van der Waals surface area contributed by atoms with Crippen molar-refractivity contribution in [3.05, 3.63) is 41.6 Å². The van der Waals surface area contributed by atoms with E-state index in [0.29, 0.717) is 37.6 Å². The second kappa shape index (κ2) is 7.82. The highest BCUT2D eigenvalue weighted by Crippen LogP contribution is 2.26. The Morgan fingerprint density at radius 3 is 2.71 bits per heavy atom. The fourth-order valence-corrected chi connectivity index (χ4v) is 1.93. The van der Waals surface area contributed by atoms with Gasteiger partial charge in [-0.2, -0.15) is 5.10 Å². The van der Waals surface area contributed by atoms with Gasteiger partial charge in [0.05, 0.1) is 37.3 Å². The van der Waals surface area contributed by atoms with Gasteiger partial charge in [-0.25, -0.2) is 8.78 Å². The number of hydrogen-bond acceptors (Lipinski definition) is 4. The summed E-state index contributed by atoms with van der Waals surface area (Å²) in [6, 6.07) is 3.74. The number of nitrogens with zero attached hydrogens (tertiary/aromatic N) is 1. The van der Waals surface area contributed by atoms with E-state index < -0.39 is 11.6 Å². The van der Waals surface area contributed by atoms with Crippen molar-refractivity contribution in [2.45, 2.75) is 6.54 Å². The van der Waals surface area contributed by atoms with Gasteiger partial charge in [-0.05, 0) is 12.1 Å². The quantitative estimate of drug-likeness (QED) is 0.645. The first kappa shape index (κ1) is 15.6. The number of aromatic nitrogens is 2. The van der Waals surface area contributed by atoms with Crippen LogP contribution >= 0.6 is 0 Å². The Kier molecular flexibility index (Phi) is 5.79. The molecule has 0 saturated carbocycles. The summed E-state index contributed by atoms with van der Waals surface area (Å²) in [6.07, 6.45) is 1.53. The van der Waals surface area contributed by atoms with Crippen LogP contribution in [0.3, 0.4) is 0 Å². The lowest BCUT2D eigenvalue weighted by Crippen LogP contribution is -2.20. The van der Waals surface area contributed by atoms with Crippen molar-refractivity contribution in [3.8, 4) is 11.3 Å². The number of aliphatic hydroxyl groups is 1. The number of hydrogen-bond donors (Lipinski definition) is 3. The maximum absolute atomic E-state index is 13.8. The number of aliphatic hydroxyl groups excluding tert-OH is 1. The highest BCUT2D eigenvalue weighted by Gasteiger charge is 2.16. The van der Waals surface area contributed by atoms with Gasteiger partial charge in [-0.15, -0.1) is 0 Å². The molecule has 0 aliphatic rings. The molecule has 7 heteroatoms. The standard InChI is InChI=1S/C14H17F2N3O2/c15-11-2-1-3-12(16)13(11)14-10(9-18-19-14)8-17-4-6-21-7-5-20/h1-3,9,17,20H,4-8H2,(H,18,19). The molecule has 0 amide bonds. The first-order chi connectivity index (χ1) is 10.2. The number of halogens is 2. The lowest BCUT2D eigenvalue weighted by molar-refractivity contribution is 0.0938. The molecule has 1 aromatic heterocycles. The van der Waals surface area contributed by atoms with Crippen molar-refractivity contribution in [1.29, 1.82) is 0 Å². The smallest absolute Gasteiger partial charge is 0.135 e. The molecule has 114 valence electrons. The van der Waals surface area contributed by atoms with Crippen LogP contribution in [-0.2, 0) is 11.3 Å². The van der Waals surface area contributed by atoms with E-state index in [-0.39, 0.29) is 12.2 Å². The van der Waals surface area contributed by atoms with E-state index in [4.69, 9.17) is 9.84 Å². The minimum atomic E-state index is -0.633. The number of aromatic amines is 1. The zero-order chi connectivity index (χ0) is 15.1. The van der Waals surface area contributed by atoms with Crippen molar-refractivity contribution in [2.75, 3.05) is 26.4 Å². The summed E-state index contributed by atoms with van der Waals surface area (Å²) in [5.41, 5.74) is 0.888. The Balaban J connectivity index is 1.99. The van der Waals surface area contributed by atoms with Crippen molar-refractivity contribution < 1.29 is 18.6 Å². The molecule has 0 saturated heterocycles. The van der Waals surface area contributed by atoms with Gasteiger partial charge in [0.2, 0.25) is 0 Å². The van der Waals surface area contributed by atoms with Crippen molar-refractivity contribution in [3.63, 3.8) is 0 Å². The van der Waals surface area contributed by atoms with Crippen LogP contribution in [0.25, 0.3) is 11.3 Å². The van der Waals surface area contributed by atoms with Gasteiger partial charge in [0, 0.05) is 18.7 Å². The van der Waals surface area contributed by atoms with Crippen molar-refractivity contribution in [2.24, 2.45) is 0 Å². The Morgan fingerprint density at radius 1 is 1.24 bits per heavy atom. The molecule has 0 unspecified atom stereocenters. The molecular formula is C14H17F2N3O2. The average Bonchev–Trinajstić information content (AvgIpc) is 2.91. The summed E-state index contributed by atoms with van der Waals surface area (Å²) in [5, 5.41) is 18.1. The molecule has 0 aliphatic carbocycles. The minimum Gasteiger partial charge on any atom is -0.394 e. The zero-order valence-corrected chi connectivity index (χ0v) is 11.4. The lowest BCUT2D eigenvalue weighted by atomic mass is 10.1. The van der Waals surface area contributed by atoms with Crippen LogP contribution in [0, 0.1) is 11.6 Å². The summed E-state index contributed by atoms with van der Waals surface area (Å²) in [7, 11) is 0. The summed E-state index contributed by atoms with van der Waals surface area (Å²) in [5.74, 6) is -1.27. The van der Waals surface area contributed by atoms with Crippen LogP contribution < -0.4 is 5.32 Å². The molecule has 1 heterocycles. The monoisotopic (exact) mass is 297 g/mol. The fraction of sp³-hybridized carbons (Fsp3) is 0.357. The van der Waals surface area contributed by atoms with Gasteiger partial charge >= 0.3 is 0 Å². The number of ether oxygens (including phenoxy) is 1. The van der Waals surface area contributed by atoms with E-state index in [0.717, 1.165) is 0 Å². The molecule has 0 radical (unpaired) electrons. The number of H-pyrrole nitrogens is 1. The molecule has 0 bridgehead atoms. The van der Waals surface area contributed by atoms with Crippen molar-refractivity contribution >= 4 is 0 Å². The van der Waals surface area contributed by atoms with Crippen LogP contribution in [0.4, 0.5) is 8.78 Å². The molecule has 2 aromatic rings. The van der Waals surface area contributed by atoms with E-state index in [1.807, 2.05) is 0 Å². The van der Waals surface area contributed by atoms with E-state index in [2.05, 4.69) is 15.5 Å². The van der Waals surface area contributed by atoms with E-state index >= 15 is 0 Å². The van der Waals surface area contributed by atoms with Crippen LogP contribution in [0.15, 0.2) is 24.4 Å². The van der Waals surface area contributed by atoms with E-state index in [1.54, 1.807) is 0 Å². The second-order valence-corrected chi connectivity index (χ2v) is 4.38. The molecule has 0 atom stereocenters. The normalized spacial score (nSPS) is 11.0. The molecule has 1 aromatic carbocycles. The van der Waals surface area contributed by atoms with Crippen LogP contribution in [0.2, 0.25) is 0 Å². The second-order valence-electron chi connectivity index (χ2n) is 4.38. The molecule has 2 rings (SSSR count). The third-order valence-electron chi connectivity index (χ3n) is 2.90. The largest absolute Gasteiger partial charge is 0.394 e. The average molecular weight is 297 g/mol. The summed E-state index contributed by atoms with van der Waals surface area (Å²) in [6.45, 7) is 1.69. The lowest BCUT2D eigenvalue weighted by Gasteiger charge is -2.07. The van der Waals surface area contributed by atoms with Gasteiger partial charge in [-0.3, -0.25) is 5.10 Å². The molecular weight excluding hydrogens is 280 g/mol. The Morgan fingerprint density at radius 2 is 2.00 bits per heavy atom. The molecule has 0 fully saturated rings. The Bertz CT molecular complexity index is 555. The van der Waals surface area contributed by atoms with Gasteiger partial charge in [-0.1, -0.05) is 6.07 Å². The zero-order valence-electron chi connectivity index (χ0n) is 11.4. The minimum absolute atomic E-state index is 0.0154. The first-order valence-corrected chi connectivity index (χ1v) is 6.60. The molecule has 21 heavy (non-hydrogen) atoms. The van der Waals surface area contributed by atoms with Crippen LogP contribution in [0.1, 0.15) is 5.56 Å². The molecule has 5 nitrogen and oxygen atoms in total. The Hall–Kier alpha value is -1.83. The summed E-state index contributed by atoms with van der Waals surface area (Å²) in [4.78, 5) is 0. The maximum Gasteiger partial charge on any atom is 0.135 e. The summed E-state index contributed by atoms with van der Waals surface area (Å²) < 4.78 is 32.6.